The highest BCUT2D eigenvalue weighted by atomic mass is 32.1. The lowest BCUT2D eigenvalue weighted by atomic mass is 10.1. The van der Waals surface area contributed by atoms with Gasteiger partial charge in [0.25, 0.3) is 0 Å². The van der Waals surface area contributed by atoms with Gasteiger partial charge in [0.2, 0.25) is 0 Å². The van der Waals surface area contributed by atoms with Crippen molar-refractivity contribution in [3.05, 3.63) is 0 Å². The summed E-state index contributed by atoms with van der Waals surface area (Å²) >= 11 is 4.84. The Morgan fingerprint density at radius 1 is 1.73 bits per heavy atom. The van der Waals surface area contributed by atoms with Crippen LogP contribution in [0.4, 0.5) is 0 Å². The predicted molar refractivity (Wildman–Crippen MR) is 49.0 cm³/mol. The van der Waals surface area contributed by atoms with Gasteiger partial charge >= 0.3 is 0 Å². The molecule has 4 nitrogen and oxygen atoms in total. The number of nitrogens with one attached hydrogen (secondary N) is 2. The fourth-order valence-corrected chi connectivity index (χ4v) is 1.31. The Kier molecular flexibility index (Phi) is 3.04. The number of nitrogens with zero attached hydrogens (tertiary/aromatic N) is 1. The average Bonchev–Trinajstić information content (AvgIpc) is 1.95. The van der Waals surface area contributed by atoms with Gasteiger partial charge in [-0.15, -0.1) is 0 Å². The zero-order valence-corrected chi connectivity index (χ0v) is 7.45. The smallest absolute Gasteiger partial charge is 0.180 e. The highest BCUT2D eigenvalue weighted by Crippen LogP contribution is 2.05. The second-order valence-electron chi connectivity index (χ2n) is 2.67. The first-order valence-electron chi connectivity index (χ1n) is 3.75. The third kappa shape index (κ3) is 2.28. The Morgan fingerprint density at radius 3 is 2.82 bits per heavy atom. The van der Waals surface area contributed by atoms with Gasteiger partial charge in [-0.1, -0.05) is 6.92 Å². The van der Waals surface area contributed by atoms with E-state index in [0.717, 1.165) is 19.6 Å². The monoisotopic (exact) mass is 174 g/mol. The summed E-state index contributed by atoms with van der Waals surface area (Å²) < 4.78 is 0. The van der Waals surface area contributed by atoms with Crippen LogP contribution in [0.3, 0.4) is 0 Å². The maximum Gasteiger partial charge on any atom is 0.180 e. The topological polar surface area (TPSA) is 53.3 Å². The maximum absolute atomic E-state index is 5.10. The van der Waals surface area contributed by atoms with Crippen LogP contribution in [0.15, 0.2) is 0 Å². The van der Waals surface area contributed by atoms with E-state index in [0.29, 0.717) is 11.2 Å². The number of likely N-dealkylation sites (N-methyl/N-ethyl adjacent to an activating group) is 1. The van der Waals surface area contributed by atoms with E-state index in [1.807, 2.05) is 0 Å². The predicted octanol–water partition coefficient (Wildman–Crippen LogP) is -0.972. The van der Waals surface area contributed by atoms with E-state index in [4.69, 9.17) is 18.1 Å². The van der Waals surface area contributed by atoms with Crippen molar-refractivity contribution in [1.82, 2.24) is 15.6 Å². The number of thiocarbonyl (C=S) groups is 1. The third-order valence-corrected chi connectivity index (χ3v) is 2.11. The van der Waals surface area contributed by atoms with Crippen LogP contribution in [0.2, 0.25) is 0 Å². The van der Waals surface area contributed by atoms with Crippen LogP contribution in [-0.4, -0.2) is 35.7 Å². The van der Waals surface area contributed by atoms with Gasteiger partial charge in [0.1, 0.15) is 0 Å². The normalized spacial score (nSPS) is 19.1. The second-order valence-corrected chi connectivity index (χ2v) is 3.08. The molecule has 0 radical (unpaired) electrons. The van der Waals surface area contributed by atoms with E-state index in [1.165, 1.54) is 0 Å². The van der Waals surface area contributed by atoms with Crippen LogP contribution in [0.5, 0.6) is 0 Å². The molecule has 0 bridgehead atoms. The largest absolute Gasteiger partial charge is 0.356 e. The third-order valence-electron chi connectivity index (χ3n) is 1.87. The van der Waals surface area contributed by atoms with Crippen molar-refractivity contribution in [1.29, 1.82) is 0 Å². The fourth-order valence-electron chi connectivity index (χ4n) is 1.15. The van der Waals surface area contributed by atoms with Gasteiger partial charge in [-0.05, 0) is 18.8 Å². The maximum atomic E-state index is 5.10. The fraction of sp³-hybridized carbons (Fsp3) is 0.833. The lowest BCUT2D eigenvalue weighted by Crippen LogP contribution is -2.61. The molecule has 4 N–H and O–H groups in total. The standard InChI is InChI=1S/C6H14N4S/c1-2-10-3-5(4-10)8-6(11)9-7/h5H,2-4,7H2,1H3,(H2,8,9,11). The summed E-state index contributed by atoms with van der Waals surface area (Å²) in [5.41, 5.74) is 2.40. The molecule has 0 saturated carbocycles. The minimum Gasteiger partial charge on any atom is -0.356 e. The molecule has 0 spiro atoms. The number of hydrogen-bond acceptors (Lipinski definition) is 3. The molecule has 1 saturated heterocycles. The van der Waals surface area contributed by atoms with E-state index in [9.17, 15) is 0 Å². The van der Waals surface area contributed by atoms with E-state index >= 15 is 0 Å². The highest BCUT2D eigenvalue weighted by Gasteiger charge is 2.24. The number of nitrogens with two attached hydrogens (primary N) is 1. The minimum atomic E-state index is 0.485. The van der Waals surface area contributed by atoms with Gasteiger partial charge in [-0.2, -0.15) is 0 Å². The van der Waals surface area contributed by atoms with Gasteiger partial charge in [-0.3, -0.25) is 4.90 Å². The first kappa shape index (κ1) is 8.70. The van der Waals surface area contributed by atoms with Crippen LogP contribution in [0.1, 0.15) is 6.92 Å². The van der Waals surface area contributed by atoms with Crippen molar-refractivity contribution in [3.8, 4) is 0 Å². The molecule has 1 aliphatic rings. The van der Waals surface area contributed by atoms with E-state index < -0.39 is 0 Å². The van der Waals surface area contributed by atoms with Crippen molar-refractivity contribution in [2.24, 2.45) is 5.84 Å². The molecule has 0 aromatic rings. The molecule has 0 atom stereocenters. The molecule has 0 unspecified atom stereocenters. The van der Waals surface area contributed by atoms with E-state index in [2.05, 4.69) is 22.6 Å². The summed E-state index contributed by atoms with van der Waals surface area (Å²) in [6.45, 7) is 5.40. The van der Waals surface area contributed by atoms with Gasteiger partial charge < -0.3 is 10.7 Å². The van der Waals surface area contributed by atoms with Crippen LogP contribution >= 0.6 is 12.2 Å². The van der Waals surface area contributed by atoms with Gasteiger partial charge in [0.15, 0.2) is 5.11 Å². The Bertz CT molecular complexity index is 144. The Balaban J connectivity index is 2.08. The number of hydrogen-bond donors (Lipinski definition) is 3. The molecule has 0 aromatic heterocycles. The molecule has 0 amide bonds. The number of rotatable bonds is 2. The Labute approximate surface area is 72.1 Å². The second kappa shape index (κ2) is 3.85. The molecule has 1 aliphatic heterocycles. The molecule has 11 heavy (non-hydrogen) atoms. The van der Waals surface area contributed by atoms with Crippen LogP contribution in [-0.2, 0) is 0 Å². The molecule has 1 rings (SSSR count). The van der Waals surface area contributed by atoms with Gasteiger partial charge in [-0.25, -0.2) is 5.84 Å². The summed E-state index contributed by atoms with van der Waals surface area (Å²) in [4.78, 5) is 2.33. The lowest BCUT2D eigenvalue weighted by Gasteiger charge is -2.39. The summed E-state index contributed by atoms with van der Waals surface area (Å²) in [7, 11) is 0. The van der Waals surface area contributed by atoms with Gasteiger partial charge in [0.05, 0.1) is 6.04 Å². The molecule has 1 fully saturated rings. The molecule has 0 aliphatic carbocycles. The Hall–Kier alpha value is -0.390. The average molecular weight is 174 g/mol. The van der Waals surface area contributed by atoms with Crippen LogP contribution < -0.4 is 16.6 Å². The summed E-state index contributed by atoms with van der Waals surface area (Å²) in [6, 6.07) is 0.485. The minimum absolute atomic E-state index is 0.485. The first-order valence-corrected chi connectivity index (χ1v) is 4.16. The lowest BCUT2D eigenvalue weighted by molar-refractivity contribution is 0.147. The van der Waals surface area contributed by atoms with E-state index in [1.54, 1.807) is 0 Å². The molecular formula is C6H14N4S. The van der Waals surface area contributed by atoms with Crippen LogP contribution in [0, 0.1) is 0 Å². The summed E-state index contributed by atoms with van der Waals surface area (Å²) in [5.74, 6) is 5.10. The zero-order chi connectivity index (χ0) is 8.27. The zero-order valence-electron chi connectivity index (χ0n) is 6.63. The van der Waals surface area contributed by atoms with Crippen LogP contribution in [0.25, 0.3) is 0 Å². The quantitative estimate of drug-likeness (QED) is 0.286. The van der Waals surface area contributed by atoms with Crippen molar-refractivity contribution in [3.63, 3.8) is 0 Å². The number of hydrazine groups is 1. The van der Waals surface area contributed by atoms with Crippen molar-refractivity contribution >= 4 is 17.3 Å². The molecule has 5 heteroatoms. The highest BCUT2D eigenvalue weighted by molar-refractivity contribution is 7.80. The first-order chi connectivity index (χ1) is 5.26. The molecule has 0 aromatic carbocycles. The van der Waals surface area contributed by atoms with E-state index in [-0.39, 0.29) is 0 Å². The summed E-state index contributed by atoms with van der Waals surface area (Å²) in [6.07, 6.45) is 0. The molecule has 1 heterocycles. The SMILES string of the molecule is CCN1CC(NC(=S)NN)C1. The molecular weight excluding hydrogens is 160 g/mol. The van der Waals surface area contributed by atoms with Crippen molar-refractivity contribution < 1.29 is 0 Å². The summed E-state index contributed by atoms with van der Waals surface area (Å²) in [5, 5.41) is 3.62. The number of likely N-dealkylation sites (tertiary alicyclic amines) is 1. The van der Waals surface area contributed by atoms with Crippen molar-refractivity contribution in [2.75, 3.05) is 19.6 Å². The molecule has 64 valence electrons. The Morgan fingerprint density at radius 2 is 2.36 bits per heavy atom. The van der Waals surface area contributed by atoms with Gasteiger partial charge in [0, 0.05) is 13.1 Å². The van der Waals surface area contributed by atoms with Crippen molar-refractivity contribution in [2.45, 2.75) is 13.0 Å².